The molecular formula is C12H17N5OS. The van der Waals surface area contributed by atoms with Gasteiger partial charge < -0.3 is 11.1 Å². The van der Waals surface area contributed by atoms with Crippen molar-refractivity contribution in [2.75, 3.05) is 5.73 Å². The zero-order valence-electron chi connectivity index (χ0n) is 11.0. The number of nitrogen functional groups attached to an aromatic ring is 1. The van der Waals surface area contributed by atoms with E-state index in [-0.39, 0.29) is 18.5 Å². The van der Waals surface area contributed by atoms with Gasteiger partial charge in [0.2, 0.25) is 5.91 Å². The first-order valence-corrected chi connectivity index (χ1v) is 6.93. The lowest BCUT2D eigenvalue weighted by Gasteiger charge is -2.11. The molecule has 0 saturated heterocycles. The van der Waals surface area contributed by atoms with Crippen LogP contribution in [-0.4, -0.2) is 20.7 Å². The lowest BCUT2D eigenvalue weighted by molar-refractivity contribution is -0.122. The molecule has 1 unspecified atom stereocenters. The third kappa shape index (κ3) is 3.54. The van der Waals surface area contributed by atoms with Crippen molar-refractivity contribution < 1.29 is 4.79 Å². The fourth-order valence-electron chi connectivity index (χ4n) is 1.65. The monoisotopic (exact) mass is 279 g/mol. The molecule has 3 N–H and O–H groups in total. The van der Waals surface area contributed by atoms with Crippen molar-refractivity contribution in [3.63, 3.8) is 0 Å². The summed E-state index contributed by atoms with van der Waals surface area (Å²) < 4.78 is 1.51. The first-order chi connectivity index (χ1) is 9.08. The summed E-state index contributed by atoms with van der Waals surface area (Å²) in [6.45, 7) is 4.17. The number of thiazole rings is 1. The SMILES string of the molecule is CCc1cnc(C(C)NC(=O)Cn2ccc(N)n2)s1. The fraction of sp³-hybridized carbons (Fsp3) is 0.417. The summed E-state index contributed by atoms with van der Waals surface area (Å²) in [6.07, 6.45) is 4.50. The first-order valence-electron chi connectivity index (χ1n) is 6.11. The molecule has 2 heterocycles. The van der Waals surface area contributed by atoms with Crippen LogP contribution < -0.4 is 11.1 Å². The number of carbonyl (C=O) groups is 1. The van der Waals surface area contributed by atoms with Crippen molar-refractivity contribution in [3.05, 3.63) is 28.3 Å². The maximum atomic E-state index is 11.8. The van der Waals surface area contributed by atoms with Gasteiger partial charge in [0, 0.05) is 17.3 Å². The molecule has 1 atom stereocenters. The molecule has 6 nitrogen and oxygen atoms in total. The highest BCUT2D eigenvalue weighted by molar-refractivity contribution is 7.11. The van der Waals surface area contributed by atoms with Crippen LogP contribution in [0.5, 0.6) is 0 Å². The van der Waals surface area contributed by atoms with Gasteiger partial charge in [-0.05, 0) is 19.4 Å². The van der Waals surface area contributed by atoms with Crippen molar-refractivity contribution in [1.29, 1.82) is 0 Å². The number of hydrogen-bond donors (Lipinski definition) is 2. The summed E-state index contributed by atoms with van der Waals surface area (Å²) in [6, 6.07) is 1.57. The topological polar surface area (TPSA) is 85.8 Å². The third-order valence-corrected chi connectivity index (χ3v) is 3.96. The molecule has 0 spiro atoms. The molecule has 0 radical (unpaired) electrons. The molecule has 0 fully saturated rings. The lowest BCUT2D eigenvalue weighted by atomic mass is 10.3. The van der Waals surface area contributed by atoms with Crippen molar-refractivity contribution in [3.8, 4) is 0 Å². The highest BCUT2D eigenvalue weighted by Crippen LogP contribution is 2.20. The Morgan fingerprint density at radius 3 is 3.00 bits per heavy atom. The summed E-state index contributed by atoms with van der Waals surface area (Å²) in [4.78, 5) is 17.4. The minimum atomic E-state index is -0.108. The van der Waals surface area contributed by atoms with Gasteiger partial charge in [0.25, 0.3) is 0 Å². The molecule has 102 valence electrons. The van der Waals surface area contributed by atoms with E-state index in [2.05, 4.69) is 22.3 Å². The van der Waals surface area contributed by atoms with E-state index in [4.69, 9.17) is 5.73 Å². The number of amides is 1. The highest BCUT2D eigenvalue weighted by Gasteiger charge is 2.13. The molecule has 0 aliphatic heterocycles. The molecule has 19 heavy (non-hydrogen) atoms. The van der Waals surface area contributed by atoms with Crippen LogP contribution in [0.15, 0.2) is 18.5 Å². The molecular weight excluding hydrogens is 262 g/mol. The Balaban J connectivity index is 1.91. The van der Waals surface area contributed by atoms with Gasteiger partial charge in [0.15, 0.2) is 0 Å². The number of aryl methyl sites for hydroxylation is 1. The van der Waals surface area contributed by atoms with Gasteiger partial charge in [-0.2, -0.15) is 5.10 Å². The summed E-state index contributed by atoms with van der Waals surface area (Å²) in [5, 5.41) is 7.79. The number of rotatable bonds is 5. The number of hydrogen-bond acceptors (Lipinski definition) is 5. The van der Waals surface area contributed by atoms with Gasteiger partial charge in [-0.3, -0.25) is 9.48 Å². The van der Waals surface area contributed by atoms with Crippen molar-refractivity contribution in [2.24, 2.45) is 0 Å². The number of nitrogens with two attached hydrogens (primary N) is 1. The molecule has 2 aromatic rings. The van der Waals surface area contributed by atoms with Crippen molar-refractivity contribution in [1.82, 2.24) is 20.1 Å². The van der Waals surface area contributed by atoms with E-state index in [1.165, 1.54) is 9.56 Å². The Bertz CT molecular complexity index is 562. The summed E-state index contributed by atoms with van der Waals surface area (Å²) in [5.41, 5.74) is 5.49. The smallest absolute Gasteiger partial charge is 0.242 e. The number of nitrogens with zero attached hydrogens (tertiary/aromatic N) is 3. The number of anilines is 1. The molecule has 2 rings (SSSR count). The van der Waals surface area contributed by atoms with Crippen LogP contribution in [0.2, 0.25) is 0 Å². The second-order valence-corrected chi connectivity index (χ2v) is 5.39. The van der Waals surface area contributed by atoms with Crippen LogP contribution in [0.4, 0.5) is 5.82 Å². The molecule has 0 aromatic carbocycles. The highest BCUT2D eigenvalue weighted by atomic mass is 32.1. The number of nitrogens with one attached hydrogen (secondary N) is 1. The lowest BCUT2D eigenvalue weighted by Crippen LogP contribution is -2.30. The Morgan fingerprint density at radius 2 is 2.42 bits per heavy atom. The van der Waals surface area contributed by atoms with E-state index in [0.29, 0.717) is 5.82 Å². The minimum Gasteiger partial charge on any atom is -0.382 e. The average Bonchev–Trinajstić information content (AvgIpc) is 2.98. The Kier molecular flexibility index (Phi) is 4.16. The van der Waals surface area contributed by atoms with Gasteiger partial charge in [0.05, 0.1) is 6.04 Å². The van der Waals surface area contributed by atoms with Gasteiger partial charge in [0.1, 0.15) is 17.4 Å². The van der Waals surface area contributed by atoms with E-state index >= 15 is 0 Å². The average molecular weight is 279 g/mol. The summed E-state index contributed by atoms with van der Waals surface area (Å²) >= 11 is 1.63. The van der Waals surface area contributed by atoms with Crippen LogP contribution in [0.25, 0.3) is 0 Å². The maximum absolute atomic E-state index is 11.8. The van der Waals surface area contributed by atoms with Crippen LogP contribution in [-0.2, 0) is 17.8 Å². The van der Waals surface area contributed by atoms with E-state index in [1.54, 1.807) is 23.6 Å². The van der Waals surface area contributed by atoms with Crippen LogP contribution in [0, 0.1) is 0 Å². The first kappa shape index (κ1) is 13.5. The predicted molar refractivity (Wildman–Crippen MR) is 74.7 cm³/mol. The zero-order valence-corrected chi connectivity index (χ0v) is 11.8. The van der Waals surface area contributed by atoms with Gasteiger partial charge in [-0.25, -0.2) is 4.98 Å². The van der Waals surface area contributed by atoms with Gasteiger partial charge in [-0.15, -0.1) is 11.3 Å². The predicted octanol–water partition coefficient (Wildman–Crippen LogP) is 1.36. The molecule has 1 amide bonds. The molecule has 7 heteroatoms. The van der Waals surface area contributed by atoms with E-state index in [9.17, 15) is 4.79 Å². The summed E-state index contributed by atoms with van der Waals surface area (Å²) in [5.74, 6) is 0.303. The van der Waals surface area contributed by atoms with E-state index < -0.39 is 0 Å². The molecule has 0 bridgehead atoms. The Morgan fingerprint density at radius 1 is 1.63 bits per heavy atom. The quantitative estimate of drug-likeness (QED) is 0.865. The molecule has 0 aliphatic rings. The van der Waals surface area contributed by atoms with Crippen molar-refractivity contribution in [2.45, 2.75) is 32.9 Å². The third-order valence-electron chi connectivity index (χ3n) is 2.63. The molecule has 0 aliphatic carbocycles. The Hall–Kier alpha value is -1.89. The number of aromatic nitrogens is 3. The molecule has 0 saturated carbocycles. The zero-order chi connectivity index (χ0) is 13.8. The van der Waals surface area contributed by atoms with Crippen LogP contribution in [0.3, 0.4) is 0 Å². The number of carbonyl (C=O) groups excluding carboxylic acids is 1. The Labute approximate surface area is 115 Å². The van der Waals surface area contributed by atoms with Gasteiger partial charge in [-0.1, -0.05) is 6.92 Å². The standard InChI is InChI=1S/C12H17N5OS/c1-3-9-6-14-12(19-9)8(2)15-11(18)7-17-5-4-10(13)16-17/h4-6,8H,3,7H2,1-2H3,(H2,13,16)(H,15,18). The second kappa shape index (κ2) is 5.83. The fourth-order valence-corrected chi connectivity index (χ4v) is 2.51. The maximum Gasteiger partial charge on any atom is 0.242 e. The van der Waals surface area contributed by atoms with E-state index in [1.807, 2.05) is 13.1 Å². The minimum absolute atomic E-state index is 0.0919. The summed E-state index contributed by atoms with van der Waals surface area (Å²) in [7, 11) is 0. The van der Waals surface area contributed by atoms with E-state index in [0.717, 1.165) is 11.4 Å². The van der Waals surface area contributed by atoms with Crippen molar-refractivity contribution >= 4 is 23.1 Å². The normalized spacial score (nSPS) is 12.3. The largest absolute Gasteiger partial charge is 0.382 e. The van der Waals surface area contributed by atoms with Gasteiger partial charge >= 0.3 is 0 Å². The second-order valence-electron chi connectivity index (χ2n) is 4.25. The van der Waals surface area contributed by atoms with Crippen LogP contribution in [0.1, 0.15) is 29.8 Å². The molecule has 2 aromatic heterocycles. The van der Waals surface area contributed by atoms with Crippen LogP contribution >= 0.6 is 11.3 Å².